The monoisotopic (exact) mass is 285 g/mol. The van der Waals surface area contributed by atoms with Crippen molar-refractivity contribution in [2.45, 2.75) is 13.0 Å². The molecule has 0 aliphatic rings. The zero-order valence-electron chi connectivity index (χ0n) is 12.2. The van der Waals surface area contributed by atoms with Crippen molar-refractivity contribution >= 4 is 22.8 Å². The fraction of sp³-hybridized carbons (Fsp3) is 0.294. The number of rotatable bonds is 6. The number of hydrogen-bond donors (Lipinski definition) is 1. The van der Waals surface area contributed by atoms with Gasteiger partial charge in [0.15, 0.2) is 5.78 Å². The lowest BCUT2D eigenvalue weighted by atomic mass is 9.89. The molecule has 0 fully saturated rings. The molecule has 0 aromatic heterocycles. The normalized spacial score (nSPS) is 13.9. The summed E-state index contributed by atoms with van der Waals surface area (Å²) < 4.78 is 5.41. The van der Waals surface area contributed by atoms with Crippen molar-refractivity contribution < 1.29 is 14.3 Å². The lowest BCUT2D eigenvalue weighted by molar-refractivity contribution is -0.135. The molecule has 0 saturated heterocycles. The maximum Gasteiger partial charge on any atom is 0.177 e. The van der Waals surface area contributed by atoms with Crippen molar-refractivity contribution in [1.82, 2.24) is 0 Å². The minimum Gasteiger partial charge on any atom is -0.369 e. The van der Waals surface area contributed by atoms with E-state index in [2.05, 4.69) is 0 Å². The van der Waals surface area contributed by atoms with Gasteiger partial charge in [-0.3, -0.25) is 4.79 Å². The highest BCUT2D eigenvalue weighted by Crippen LogP contribution is 2.31. The molecule has 2 aromatic carbocycles. The average molecular weight is 285 g/mol. The summed E-state index contributed by atoms with van der Waals surface area (Å²) in [6.07, 6.45) is -0.190. The van der Waals surface area contributed by atoms with Crippen molar-refractivity contribution in [3.8, 4) is 0 Å². The molecule has 110 valence electrons. The first-order chi connectivity index (χ1) is 10.1. The van der Waals surface area contributed by atoms with E-state index in [1.807, 2.05) is 43.3 Å². The van der Waals surface area contributed by atoms with Crippen LogP contribution in [0.15, 0.2) is 36.4 Å². The third-order valence-electron chi connectivity index (χ3n) is 3.73. The van der Waals surface area contributed by atoms with Crippen LogP contribution in [0.5, 0.6) is 0 Å². The summed E-state index contributed by atoms with van der Waals surface area (Å²) in [5.41, 5.74) is 7.26. The highest BCUT2D eigenvalue weighted by Gasteiger charge is 2.29. The summed E-state index contributed by atoms with van der Waals surface area (Å²) in [5.74, 6) is -1.14. The van der Waals surface area contributed by atoms with Crippen LogP contribution in [0.25, 0.3) is 10.8 Å². The number of nitrogens with two attached hydrogens (primary N) is 1. The average Bonchev–Trinajstić information content (AvgIpc) is 2.51. The van der Waals surface area contributed by atoms with E-state index in [-0.39, 0.29) is 12.3 Å². The van der Waals surface area contributed by atoms with Crippen LogP contribution in [0.3, 0.4) is 0 Å². The second-order valence-electron chi connectivity index (χ2n) is 5.01. The Hall–Kier alpha value is -2.04. The van der Waals surface area contributed by atoms with Crippen LogP contribution in [0.4, 0.5) is 0 Å². The minimum atomic E-state index is -0.840. The standard InChI is InChI=1S/C17H19NO3/c1-11-7-8-12-5-3-4-6-14(12)15(11)17(21-2)16(20)13(9-18)10-19/h3-8,10,13,17H,9,18H2,1-2H3. The van der Waals surface area contributed by atoms with E-state index in [0.29, 0.717) is 6.29 Å². The molecule has 0 saturated carbocycles. The van der Waals surface area contributed by atoms with Gasteiger partial charge in [-0.25, -0.2) is 0 Å². The van der Waals surface area contributed by atoms with Gasteiger partial charge in [-0.05, 0) is 28.8 Å². The Balaban J connectivity index is 2.59. The van der Waals surface area contributed by atoms with E-state index in [9.17, 15) is 9.59 Å². The molecule has 2 unspecified atom stereocenters. The molecule has 4 heteroatoms. The number of Topliss-reactive ketones (excluding diaryl/α,β-unsaturated/α-hetero) is 1. The fourth-order valence-electron chi connectivity index (χ4n) is 2.56. The van der Waals surface area contributed by atoms with Crippen LogP contribution in [-0.2, 0) is 14.3 Å². The van der Waals surface area contributed by atoms with E-state index in [4.69, 9.17) is 10.5 Å². The summed E-state index contributed by atoms with van der Waals surface area (Å²) in [5, 5.41) is 1.99. The van der Waals surface area contributed by atoms with Crippen molar-refractivity contribution in [3.05, 3.63) is 47.5 Å². The summed E-state index contributed by atoms with van der Waals surface area (Å²) in [4.78, 5) is 23.5. The van der Waals surface area contributed by atoms with Gasteiger partial charge in [0.1, 0.15) is 12.4 Å². The zero-order chi connectivity index (χ0) is 15.4. The molecule has 2 aromatic rings. The molecular weight excluding hydrogens is 266 g/mol. The van der Waals surface area contributed by atoms with Crippen LogP contribution in [0, 0.1) is 12.8 Å². The highest BCUT2D eigenvalue weighted by molar-refractivity contribution is 6.00. The molecule has 0 spiro atoms. The number of fused-ring (bicyclic) bond motifs is 1. The molecule has 0 aliphatic carbocycles. The van der Waals surface area contributed by atoms with Crippen molar-refractivity contribution in [3.63, 3.8) is 0 Å². The summed E-state index contributed by atoms with van der Waals surface area (Å²) in [6.45, 7) is 1.92. The van der Waals surface area contributed by atoms with Gasteiger partial charge in [0, 0.05) is 13.7 Å². The van der Waals surface area contributed by atoms with Gasteiger partial charge in [0.25, 0.3) is 0 Å². The minimum absolute atomic E-state index is 0.00793. The number of carbonyl (C=O) groups excluding carboxylic acids is 2. The summed E-state index contributed by atoms with van der Waals surface area (Å²) in [7, 11) is 1.47. The molecule has 0 bridgehead atoms. The Kier molecular flexibility index (Phi) is 4.83. The SMILES string of the molecule is COC(C(=O)C(C=O)CN)c1c(C)ccc2ccccc12. The van der Waals surface area contributed by atoms with Crippen molar-refractivity contribution in [2.75, 3.05) is 13.7 Å². The lowest BCUT2D eigenvalue weighted by Gasteiger charge is -2.21. The van der Waals surface area contributed by atoms with Gasteiger partial charge < -0.3 is 15.3 Å². The predicted molar refractivity (Wildman–Crippen MR) is 82.1 cm³/mol. The topological polar surface area (TPSA) is 69.4 Å². The van der Waals surface area contributed by atoms with E-state index >= 15 is 0 Å². The molecule has 4 nitrogen and oxygen atoms in total. The summed E-state index contributed by atoms with van der Waals surface area (Å²) >= 11 is 0. The van der Waals surface area contributed by atoms with Gasteiger partial charge >= 0.3 is 0 Å². The number of aldehydes is 1. The van der Waals surface area contributed by atoms with Gasteiger partial charge in [0.05, 0.1) is 5.92 Å². The first kappa shape index (κ1) is 15.4. The van der Waals surface area contributed by atoms with Crippen LogP contribution in [-0.4, -0.2) is 25.7 Å². The highest BCUT2D eigenvalue weighted by atomic mass is 16.5. The molecule has 0 amide bonds. The fourth-order valence-corrected chi connectivity index (χ4v) is 2.56. The first-order valence-corrected chi connectivity index (χ1v) is 6.84. The Morgan fingerprint density at radius 1 is 1.29 bits per heavy atom. The number of ketones is 1. The molecule has 2 N–H and O–H groups in total. The Bertz CT molecular complexity index is 666. The molecule has 0 heterocycles. The number of aryl methyl sites for hydroxylation is 1. The number of ether oxygens (including phenoxy) is 1. The van der Waals surface area contributed by atoms with Crippen LogP contribution in [0.2, 0.25) is 0 Å². The first-order valence-electron chi connectivity index (χ1n) is 6.84. The molecule has 2 rings (SSSR count). The number of hydrogen-bond acceptors (Lipinski definition) is 4. The largest absolute Gasteiger partial charge is 0.369 e. The molecular formula is C17H19NO3. The lowest BCUT2D eigenvalue weighted by Crippen LogP contribution is -2.30. The Morgan fingerprint density at radius 2 is 2.00 bits per heavy atom. The number of benzene rings is 2. The van der Waals surface area contributed by atoms with Crippen molar-refractivity contribution in [2.24, 2.45) is 11.7 Å². The van der Waals surface area contributed by atoms with Gasteiger partial charge in [-0.2, -0.15) is 0 Å². The van der Waals surface area contributed by atoms with E-state index < -0.39 is 12.0 Å². The van der Waals surface area contributed by atoms with E-state index in [1.165, 1.54) is 7.11 Å². The van der Waals surface area contributed by atoms with Crippen LogP contribution < -0.4 is 5.73 Å². The Morgan fingerprint density at radius 3 is 2.62 bits per heavy atom. The quantitative estimate of drug-likeness (QED) is 0.652. The molecule has 0 aliphatic heterocycles. The molecule has 21 heavy (non-hydrogen) atoms. The van der Waals surface area contributed by atoms with Gasteiger partial charge in [-0.15, -0.1) is 0 Å². The predicted octanol–water partition coefficient (Wildman–Crippen LogP) is 2.18. The van der Waals surface area contributed by atoms with E-state index in [1.54, 1.807) is 0 Å². The Labute approximate surface area is 123 Å². The van der Waals surface area contributed by atoms with Crippen LogP contribution in [0.1, 0.15) is 17.2 Å². The summed E-state index contributed by atoms with van der Waals surface area (Å²) in [6, 6.07) is 11.8. The maximum absolute atomic E-state index is 12.5. The van der Waals surface area contributed by atoms with Gasteiger partial charge in [-0.1, -0.05) is 36.4 Å². The van der Waals surface area contributed by atoms with Crippen LogP contribution >= 0.6 is 0 Å². The van der Waals surface area contributed by atoms with Crippen molar-refractivity contribution in [1.29, 1.82) is 0 Å². The number of carbonyl (C=O) groups is 2. The molecule has 2 atom stereocenters. The third-order valence-corrected chi connectivity index (χ3v) is 3.73. The van der Waals surface area contributed by atoms with E-state index in [0.717, 1.165) is 21.9 Å². The zero-order valence-corrected chi connectivity index (χ0v) is 12.2. The smallest absolute Gasteiger partial charge is 0.177 e. The maximum atomic E-state index is 12.5. The number of methoxy groups -OCH3 is 1. The van der Waals surface area contributed by atoms with Gasteiger partial charge in [0.2, 0.25) is 0 Å². The second-order valence-corrected chi connectivity index (χ2v) is 5.01. The second kappa shape index (κ2) is 6.61. The third kappa shape index (κ3) is 2.86. The molecule has 0 radical (unpaired) electrons.